The Morgan fingerprint density at radius 1 is 1.03 bits per heavy atom. The second-order valence-electron chi connectivity index (χ2n) is 7.32. The van der Waals surface area contributed by atoms with Crippen LogP contribution in [0.15, 0.2) is 12.7 Å². The first-order valence-electron chi connectivity index (χ1n) is 9.97. The molecule has 1 aliphatic rings. The smallest absolute Gasteiger partial charge is 0.481 e. The van der Waals surface area contributed by atoms with Gasteiger partial charge in [0.15, 0.2) is 17.7 Å². The fraction of sp³-hybridized carbons (Fsp3) is 0.571. The zero-order valence-corrected chi connectivity index (χ0v) is 21.0. The molecule has 0 aromatic carbocycles. The van der Waals surface area contributed by atoms with Crippen molar-refractivity contribution in [2.75, 3.05) is 18.9 Å². The van der Waals surface area contributed by atoms with Crippen molar-refractivity contribution in [3.05, 3.63) is 12.7 Å². The Hall–Kier alpha value is -1.89. The van der Waals surface area contributed by atoms with Crippen LogP contribution in [0.2, 0.25) is 0 Å². The first kappa shape index (κ1) is 29.7. The molecule has 0 radical (unpaired) electrons. The number of aliphatic hydroxyl groups excluding tert-OH is 2. The third-order valence-corrected chi connectivity index (χ3v) is 8.89. The van der Waals surface area contributed by atoms with E-state index in [1.54, 1.807) is 0 Å². The molecular formula is C14H22N5O15P3. The van der Waals surface area contributed by atoms with Gasteiger partial charge in [-0.05, 0) is 6.42 Å². The van der Waals surface area contributed by atoms with Crippen molar-refractivity contribution in [3.63, 3.8) is 0 Å². The predicted octanol–water partition coefficient (Wildman–Crippen LogP) is -0.740. The number of carbonyl (C=O) groups is 1. The van der Waals surface area contributed by atoms with Gasteiger partial charge in [-0.25, -0.2) is 28.6 Å². The Balaban J connectivity index is 1.58. The number of ether oxygens (including phenoxy) is 1. The summed E-state index contributed by atoms with van der Waals surface area (Å²) in [5.74, 6) is -1.21. The predicted molar refractivity (Wildman–Crippen MR) is 116 cm³/mol. The van der Waals surface area contributed by atoms with Crippen LogP contribution < -0.4 is 5.73 Å². The Kier molecular flexibility index (Phi) is 9.19. The average Bonchev–Trinajstić information content (AvgIpc) is 3.30. The third-order valence-electron chi connectivity index (χ3n) is 4.60. The van der Waals surface area contributed by atoms with Gasteiger partial charge < -0.3 is 40.5 Å². The lowest BCUT2D eigenvalue weighted by Gasteiger charge is -2.20. The van der Waals surface area contributed by atoms with E-state index >= 15 is 0 Å². The molecule has 1 aliphatic heterocycles. The molecule has 20 nitrogen and oxygen atoms in total. The lowest BCUT2D eigenvalue weighted by molar-refractivity contribution is -0.137. The van der Waals surface area contributed by atoms with Crippen LogP contribution >= 0.6 is 23.5 Å². The van der Waals surface area contributed by atoms with Gasteiger partial charge in [-0.2, -0.15) is 8.62 Å². The fourth-order valence-corrected chi connectivity index (χ4v) is 6.59. The molecule has 2 aromatic heterocycles. The van der Waals surface area contributed by atoms with Crippen LogP contribution in [0.4, 0.5) is 5.82 Å². The number of nitrogens with two attached hydrogens (primary N) is 1. The molecule has 0 aliphatic carbocycles. The molecule has 7 atom stereocenters. The number of fused-ring (bicyclic) bond motifs is 1. The van der Waals surface area contributed by atoms with E-state index in [-0.39, 0.29) is 23.4 Å². The maximum absolute atomic E-state index is 12.1. The molecule has 1 saturated heterocycles. The molecule has 1 fully saturated rings. The van der Waals surface area contributed by atoms with Crippen molar-refractivity contribution in [1.82, 2.24) is 19.5 Å². The number of phosphoric ester groups is 2. The van der Waals surface area contributed by atoms with E-state index in [9.17, 15) is 43.4 Å². The van der Waals surface area contributed by atoms with E-state index in [4.69, 9.17) is 15.6 Å². The standard InChI is InChI=1S/C14H22N5O15P3/c15-12-9-13(17-5-16-12)19(6-18-9)14-11(23)10(22)7(32-14)4-31-36(26,27)34-37(28,29)33-35(24,25)30-3-1-2-8(20)21/h5-7,10-11,14,22-23H,1-4H2,(H,20,21)(H,24,25)(H,26,27)(H,28,29)(H2,15,16,17)/t7-,10-,11-,14-/m1/s1. The monoisotopic (exact) mass is 593 g/mol. The summed E-state index contributed by atoms with van der Waals surface area (Å²) in [6.45, 7) is -1.65. The molecule has 3 rings (SSSR count). The van der Waals surface area contributed by atoms with Gasteiger partial charge in [0.1, 0.15) is 30.2 Å². The summed E-state index contributed by atoms with van der Waals surface area (Å²) < 4.78 is 58.9. The zero-order chi connectivity index (χ0) is 27.6. The van der Waals surface area contributed by atoms with Gasteiger partial charge in [-0.15, -0.1) is 0 Å². The molecular weight excluding hydrogens is 571 g/mol. The summed E-state index contributed by atoms with van der Waals surface area (Å²) in [6, 6.07) is 0. The van der Waals surface area contributed by atoms with Gasteiger partial charge in [-0.1, -0.05) is 0 Å². The number of hydrogen-bond donors (Lipinski definition) is 7. The van der Waals surface area contributed by atoms with E-state index in [1.165, 1.54) is 10.9 Å². The highest BCUT2D eigenvalue weighted by Crippen LogP contribution is 2.67. The molecule has 2 aromatic rings. The topological polar surface area (TPSA) is 305 Å². The van der Waals surface area contributed by atoms with E-state index in [2.05, 4.69) is 32.6 Å². The van der Waals surface area contributed by atoms with E-state index in [0.29, 0.717) is 0 Å². The van der Waals surface area contributed by atoms with E-state index in [0.717, 1.165) is 6.33 Å². The number of hydrogen-bond acceptors (Lipinski definition) is 15. The second kappa shape index (κ2) is 11.5. The Morgan fingerprint density at radius 3 is 2.32 bits per heavy atom. The average molecular weight is 593 g/mol. The van der Waals surface area contributed by atoms with Crippen LogP contribution in [-0.2, 0) is 40.9 Å². The Morgan fingerprint density at radius 2 is 1.68 bits per heavy atom. The van der Waals surface area contributed by atoms with Crippen molar-refractivity contribution in [1.29, 1.82) is 0 Å². The van der Waals surface area contributed by atoms with Crippen molar-refractivity contribution in [2.24, 2.45) is 0 Å². The molecule has 208 valence electrons. The number of carboxylic acids is 1. The van der Waals surface area contributed by atoms with E-state index in [1.807, 2.05) is 0 Å². The highest BCUT2D eigenvalue weighted by atomic mass is 31.3. The second-order valence-corrected chi connectivity index (χ2v) is 12.0. The van der Waals surface area contributed by atoms with Crippen molar-refractivity contribution in [2.45, 2.75) is 37.4 Å². The maximum atomic E-state index is 12.1. The number of aliphatic hydroxyl groups is 2. The minimum atomic E-state index is -5.76. The maximum Gasteiger partial charge on any atom is 0.490 e. The number of nitrogens with zero attached hydrogens (tertiary/aromatic N) is 4. The molecule has 3 heterocycles. The molecule has 23 heteroatoms. The number of anilines is 1. The van der Waals surface area contributed by atoms with Crippen molar-refractivity contribution >= 4 is 46.4 Å². The van der Waals surface area contributed by atoms with E-state index < -0.39 is 73.6 Å². The fourth-order valence-electron chi connectivity index (χ4n) is 3.05. The number of rotatable bonds is 13. The Labute approximate surface area is 206 Å². The minimum Gasteiger partial charge on any atom is -0.481 e. The summed E-state index contributed by atoms with van der Waals surface area (Å²) in [6.07, 6.45) is -4.51. The zero-order valence-electron chi connectivity index (χ0n) is 18.4. The normalized spacial score (nSPS) is 26.9. The first-order chi connectivity index (χ1) is 17.1. The lowest BCUT2D eigenvalue weighted by atomic mass is 10.1. The largest absolute Gasteiger partial charge is 0.490 e. The van der Waals surface area contributed by atoms with Crippen LogP contribution in [0, 0.1) is 0 Å². The van der Waals surface area contributed by atoms with Gasteiger partial charge in [0.25, 0.3) is 0 Å². The minimum absolute atomic E-state index is 0.0313. The number of nitrogen functional groups attached to an aromatic ring is 1. The SMILES string of the molecule is Nc1ncnc2c1ncn2[C@@H]1O[C@H](COP(=O)(O)OP(=O)(O)OP(=O)(O)OCCCC(=O)O)[C@@H](O)[C@H]1O. The van der Waals surface area contributed by atoms with Crippen LogP contribution in [0.5, 0.6) is 0 Å². The summed E-state index contributed by atoms with van der Waals surface area (Å²) in [5.41, 5.74) is 6.00. The molecule has 0 amide bonds. The highest BCUT2D eigenvalue weighted by molar-refractivity contribution is 7.66. The van der Waals surface area contributed by atoms with Gasteiger partial charge in [0, 0.05) is 6.42 Å². The summed E-state index contributed by atoms with van der Waals surface area (Å²) in [7, 11) is -16.6. The van der Waals surface area contributed by atoms with Crippen LogP contribution in [-0.4, -0.2) is 87.0 Å². The van der Waals surface area contributed by atoms with Crippen molar-refractivity contribution in [3.8, 4) is 0 Å². The van der Waals surface area contributed by atoms with Crippen molar-refractivity contribution < 1.29 is 70.9 Å². The number of imidazole rings is 1. The quantitative estimate of drug-likeness (QED) is 0.111. The molecule has 0 bridgehead atoms. The summed E-state index contributed by atoms with van der Waals surface area (Å²) in [4.78, 5) is 50.8. The molecule has 37 heavy (non-hydrogen) atoms. The number of carboxylic acid groups (broad SMARTS) is 1. The number of aromatic nitrogens is 4. The molecule has 3 unspecified atom stereocenters. The first-order valence-corrected chi connectivity index (χ1v) is 14.5. The van der Waals surface area contributed by atoms with Gasteiger partial charge >= 0.3 is 29.4 Å². The van der Waals surface area contributed by atoms with Gasteiger partial charge in [-0.3, -0.25) is 18.4 Å². The number of phosphoric acid groups is 3. The molecule has 0 saturated carbocycles. The van der Waals surface area contributed by atoms with Gasteiger partial charge in [0.05, 0.1) is 19.5 Å². The van der Waals surface area contributed by atoms with Crippen LogP contribution in [0.1, 0.15) is 19.1 Å². The summed E-state index contributed by atoms with van der Waals surface area (Å²) in [5, 5.41) is 29.1. The highest BCUT2D eigenvalue weighted by Gasteiger charge is 2.47. The molecule has 8 N–H and O–H groups in total. The third kappa shape index (κ3) is 7.81. The lowest BCUT2D eigenvalue weighted by Crippen LogP contribution is -2.33. The number of aliphatic carboxylic acids is 1. The van der Waals surface area contributed by atoms with Crippen LogP contribution in [0.3, 0.4) is 0 Å². The summed E-state index contributed by atoms with van der Waals surface area (Å²) >= 11 is 0. The Bertz CT molecular complexity index is 1270. The molecule has 0 spiro atoms. The van der Waals surface area contributed by atoms with Crippen LogP contribution in [0.25, 0.3) is 11.2 Å². The van der Waals surface area contributed by atoms with Gasteiger partial charge in [0.2, 0.25) is 0 Å².